The fourth-order valence-electron chi connectivity index (χ4n) is 5.85. The molecule has 1 unspecified atom stereocenters. The largest absolute Gasteiger partial charge is 0.343 e. The Morgan fingerprint density at radius 3 is 2.53 bits per heavy atom. The summed E-state index contributed by atoms with van der Waals surface area (Å²) in [6, 6.07) is 15.9. The SMILES string of the molecule is CCN(CC)C(=O)[C@@H]1C=C2c3cccc4c3c(c(Br)n4C(C)NC(=O)c3ccccc3)C[C@H]2N(C)C1. The monoisotopic (exact) mass is 548 g/mol. The van der Waals surface area contributed by atoms with E-state index in [0.29, 0.717) is 5.56 Å². The van der Waals surface area contributed by atoms with Gasteiger partial charge in [-0.25, -0.2) is 0 Å². The molecule has 36 heavy (non-hydrogen) atoms. The zero-order chi connectivity index (χ0) is 25.6. The minimum absolute atomic E-state index is 0.0988. The van der Waals surface area contributed by atoms with Gasteiger partial charge in [0.15, 0.2) is 0 Å². The van der Waals surface area contributed by atoms with E-state index < -0.39 is 0 Å². The Balaban J connectivity index is 1.55. The molecule has 6 nitrogen and oxygen atoms in total. The van der Waals surface area contributed by atoms with Gasteiger partial charge in [0.05, 0.1) is 16.0 Å². The number of benzene rings is 2. The highest BCUT2D eigenvalue weighted by Crippen LogP contribution is 2.45. The van der Waals surface area contributed by atoms with Crippen LogP contribution >= 0.6 is 15.9 Å². The molecule has 0 fully saturated rings. The summed E-state index contributed by atoms with van der Waals surface area (Å²) in [5, 5.41) is 4.37. The molecule has 0 saturated heterocycles. The van der Waals surface area contributed by atoms with Crippen molar-refractivity contribution in [3.05, 3.63) is 75.9 Å². The Morgan fingerprint density at radius 1 is 1.11 bits per heavy atom. The van der Waals surface area contributed by atoms with Gasteiger partial charge in [0.25, 0.3) is 5.91 Å². The van der Waals surface area contributed by atoms with Gasteiger partial charge in [-0.1, -0.05) is 36.4 Å². The summed E-state index contributed by atoms with van der Waals surface area (Å²) in [7, 11) is 2.12. The van der Waals surface area contributed by atoms with Gasteiger partial charge in [0.1, 0.15) is 6.17 Å². The number of carbonyl (C=O) groups excluding carboxylic acids is 2. The molecule has 3 atom stereocenters. The van der Waals surface area contributed by atoms with E-state index in [9.17, 15) is 9.59 Å². The number of amides is 2. The maximum atomic E-state index is 13.2. The molecule has 2 heterocycles. The highest BCUT2D eigenvalue weighted by Gasteiger charge is 2.38. The number of carbonyl (C=O) groups is 2. The number of hydrogen-bond donors (Lipinski definition) is 1. The van der Waals surface area contributed by atoms with Crippen molar-refractivity contribution in [2.45, 2.75) is 39.4 Å². The molecule has 0 spiro atoms. The lowest BCUT2D eigenvalue weighted by molar-refractivity contribution is -0.134. The molecule has 2 aliphatic rings. The second-order valence-electron chi connectivity index (χ2n) is 9.75. The van der Waals surface area contributed by atoms with Crippen LogP contribution in [0.4, 0.5) is 0 Å². The van der Waals surface area contributed by atoms with Crippen molar-refractivity contribution in [1.29, 1.82) is 0 Å². The van der Waals surface area contributed by atoms with Gasteiger partial charge in [-0.05, 0) is 85.1 Å². The highest BCUT2D eigenvalue weighted by atomic mass is 79.9. The molecule has 0 radical (unpaired) electrons. The third kappa shape index (κ3) is 4.08. The number of nitrogens with zero attached hydrogens (tertiary/aromatic N) is 3. The van der Waals surface area contributed by atoms with Crippen LogP contribution < -0.4 is 5.32 Å². The zero-order valence-electron chi connectivity index (χ0n) is 21.3. The summed E-state index contributed by atoms with van der Waals surface area (Å²) in [6.45, 7) is 8.26. The summed E-state index contributed by atoms with van der Waals surface area (Å²) in [5.74, 6) is -0.0439. The summed E-state index contributed by atoms with van der Waals surface area (Å²) in [4.78, 5) is 30.4. The summed E-state index contributed by atoms with van der Waals surface area (Å²) >= 11 is 3.89. The van der Waals surface area contributed by atoms with Crippen LogP contribution in [-0.2, 0) is 11.2 Å². The molecule has 188 valence electrons. The zero-order valence-corrected chi connectivity index (χ0v) is 22.9. The molecule has 5 rings (SSSR count). The van der Waals surface area contributed by atoms with Crippen LogP contribution in [0.3, 0.4) is 0 Å². The number of rotatable bonds is 6. The minimum Gasteiger partial charge on any atom is -0.343 e. The first-order valence-electron chi connectivity index (χ1n) is 12.7. The number of likely N-dealkylation sites (N-methyl/N-ethyl adjacent to an activating group) is 1. The molecule has 3 aromatic rings. The minimum atomic E-state index is -0.248. The first-order valence-corrected chi connectivity index (χ1v) is 13.5. The van der Waals surface area contributed by atoms with Crippen LogP contribution in [0.1, 0.15) is 48.4 Å². The van der Waals surface area contributed by atoms with Crippen LogP contribution in [0.15, 0.2) is 59.2 Å². The van der Waals surface area contributed by atoms with Crippen LogP contribution in [-0.4, -0.2) is 58.9 Å². The van der Waals surface area contributed by atoms with Gasteiger partial charge in [-0.2, -0.15) is 0 Å². The van der Waals surface area contributed by atoms with Crippen molar-refractivity contribution in [1.82, 2.24) is 19.7 Å². The summed E-state index contributed by atoms with van der Waals surface area (Å²) in [6.07, 6.45) is 2.83. The van der Waals surface area contributed by atoms with Gasteiger partial charge in [0, 0.05) is 36.6 Å². The molecule has 1 N–H and O–H groups in total. The number of fused-ring (bicyclic) bond motifs is 2. The number of nitrogens with one attached hydrogen (secondary N) is 1. The number of hydrogen-bond acceptors (Lipinski definition) is 3. The predicted octanol–water partition coefficient (Wildman–Crippen LogP) is 5.09. The third-order valence-corrected chi connectivity index (χ3v) is 8.55. The normalized spacial score (nSPS) is 20.0. The lowest BCUT2D eigenvalue weighted by Crippen LogP contribution is -2.47. The Morgan fingerprint density at radius 2 is 1.83 bits per heavy atom. The lowest BCUT2D eigenvalue weighted by atomic mass is 9.79. The van der Waals surface area contributed by atoms with Crippen molar-refractivity contribution in [2.24, 2.45) is 5.92 Å². The maximum absolute atomic E-state index is 13.2. The fraction of sp³-hybridized carbons (Fsp3) is 0.379. The Bertz CT molecular complexity index is 1340. The van der Waals surface area contributed by atoms with Crippen molar-refractivity contribution < 1.29 is 9.59 Å². The average Bonchev–Trinajstić information content (AvgIpc) is 3.18. The van der Waals surface area contributed by atoms with E-state index in [1.165, 1.54) is 22.1 Å². The van der Waals surface area contributed by atoms with E-state index in [2.05, 4.69) is 62.0 Å². The first-order chi connectivity index (χ1) is 17.3. The Kier molecular flexibility index (Phi) is 6.79. The standard InChI is InChI=1S/C29H33BrN4O2/c1-5-33(6-2)29(36)20-15-22-21-13-10-14-24-26(21)23(16-25(22)32(4)17-20)27(30)34(24)18(3)31-28(35)19-11-8-7-9-12-19/h7-15,18,20,25H,5-6,16-17H2,1-4H3,(H,31,35)/t18?,20-,25-/m1/s1. The second-order valence-corrected chi connectivity index (χ2v) is 10.5. The molecule has 0 bridgehead atoms. The van der Waals surface area contributed by atoms with E-state index in [0.717, 1.165) is 36.2 Å². The number of aromatic nitrogens is 1. The number of halogens is 1. The van der Waals surface area contributed by atoms with Crippen LogP contribution in [0.25, 0.3) is 16.5 Å². The Hall–Kier alpha value is -2.90. The van der Waals surface area contributed by atoms with Gasteiger partial charge >= 0.3 is 0 Å². The molecule has 7 heteroatoms. The van der Waals surface area contributed by atoms with E-state index >= 15 is 0 Å². The molecule has 1 aliphatic heterocycles. The van der Waals surface area contributed by atoms with Gasteiger partial charge < -0.3 is 14.8 Å². The van der Waals surface area contributed by atoms with Crippen LogP contribution in [0.5, 0.6) is 0 Å². The van der Waals surface area contributed by atoms with Crippen molar-refractivity contribution >= 4 is 44.2 Å². The third-order valence-electron chi connectivity index (χ3n) is 7.68. The average molecular weight is 550 g/mol. The summed E-state index contributed by atoms with van der Waals surface area (Å²) < 4.78 is 3.17. The van der Waals surface area contributed by atoms with Crippen LogP contribution in [0.2, 0.25) is 0 Å². The topological polar surface area (TPSA) is 57.6 Å². The van der Waals surface area contributed by atoms with Crippen molar-refractivity contribution in [3.63, 3.8) is 0 Å². The van der Waals surface area contributed by atoms with Gasteiger partial charge in [-0.3, -0.25) is 14.5 Å². The van der Waals surface area contributed by atoms with Crippen LogP contribution in [0, 0.1) is 5.92 Å². The maximum Gasteiger partial charge on any atom is 0.252 e. The van der Waals surface area contributed by atoms with Crippen molar-refractivity contribution in [2.75, 3.05) is 26.7 Å². The highest BCUT2D eigenvalue weighted by molar-refractivity contribution is 9.10. The summed E-state index contributed by atoms with van der Waals surface area (Å²) in [5.41, 5.74) is 5.39. The quantitative estimate of drug-likeness (QED) is 0.466. The fourth-order valence-corrected chi connectivity index (χ4v) is 6.71. The van der Waals surface area contributed by atoms with E-state index in [1.54, 1.807) is 0 Å². The first kappa shape index (κ1) is 24.8. The van der Waals surface area contributed by atoms with E-state index in [1.807, 2.05) is 56.0 Å². The predicted molar refractivity (Wildman–Crippen MR) is 148 cm³/mol. The van der Waals surface area contributed by atoms with E-state index in [4.69, 9.17) is 0 Å². The smallest absolute Gasteiger partial charge is 0.252 e. The van der Waals surface area contributed by atoms with Gasteiger partial charge in [-0.15, -0.1) is 0 Å². The molecule has 2 aromatic carbocycles. The molecular weight excluding hydrogens is 516 g/mol. The lowest BCUT2D eigenvalue weighted by Gasteiger charge is -2.40. The molecule has 2 amide bonds. The Labute approximate surface area is 221 Å². The molecular formula is C29H33BrN4O2. The second kappa shape index (κ2) is 9.87. The van der Waals surface area contributed by atoms with Gasteiger partial charge in [0.2, 0.25) is 5.91 Å². The van der Waals surface area contributed by atoms with Crippen molar-refractivity contribution in [3.8, 4) is 0 Å². The van der Waals surface area contributed by atoms with E-state index in [-0.39, 0.29) is 29.9 Å². The molecule has 1 aliphatic carbocycles. The molecule has 0 saturated carbocycles. The molecule has 1 aromatic heterocycles.